The Bertz CT molecular complexity index is 346. The quantitative estimate of drug-likeness (QED) is 0.505. The number of carboxylic acid groups (broad SMARTS) is 1. The lowest BCUT2D eigenvalue weighted by Crippen LogP contribution is -2.49. The molecule has 0 rings (SSSR count). The van der Waals surface area contributed by atoms with Crippen molar-refractivity contribution in [2.24, 2.45) is 11.3 Å². The summed E-state index contributed by atoms with van der Waals surface area (Å²) in [6.07, 6.45) is 2.34. The van der Waals surface area contributed by atoms with Gasteiger partial charge in [-0.15, -0.1) is 0 Å². The number of nitrogens with zero attached hydrogens (tertiary/aromatic N) is 1. The number of carbonyl (C=O) groups is 2. The number of quaternary nitrogens is 1. The predicted molar refractivity (Wildman–Crippen MR) is 82.3 cm³/mol. The zero-order valence-corrected chi connectivity index (χ0v) is 14.5. The van der Waals surface area contributed by atoms with Gasteiger partial charge in [0.1, 0.15) is 6.54 Å². The van der Waals surface area contributed by atoms with Crippen molar-refractivity contribution in [2.45, 2.75) is 47.0 Å². The molecular formula is C16H32N2O3. The van der Waals surface area contributed by atoms with E-state index in [1.165, 1.54) is 0 Å². The molecule has 1 N–H and O–H groups in total. The molecule has 1 unspecified atom stereocenters. The van der Waals surface area contributed by atoms with E-state index in [1.54, 1.807) is 0 Å². The first-order chi connectivity index (χ1) is 9.41. The fourth-order valence-electron chi connectivity index (χ4n) is 2.67. The number of aliphatic carboxylic acids is 1. The number of rotatable bonds is 9. The van der Waals surface area contributed by atoms with E-state index >= 15 is 0 Å². The molecule has 1 atom stereocenters. The lowest BCUT2D eigenvalue weighted by molar-refractivity contribution is -0.884. The van der Waals surface area contributed by atoms with Gasteiger partial charge in [0.05, 0.1) is 26.6 Å². The molecule has 0 fully saturated rings. The van der Waals surface area contributed by atoms with Gasteiger partial charge in [-0.25, -0.2) is 0 Å². The maximum absolute atomic E-state index is 11.8. The first-order valence-corrected chi connectivity index (χ1v) is 7.70. The Morgan fingerprint density at radius 3 is 2.29 bits per heavy atom. The topological polar surface area (TPSA) is 69.2 Å². The number of hydrogen-bond acceptors (Lipinski definition) is 3. The summed E-state index contributed by atoms with van der Waals surface area (Å²) < 4.78 is 0.374. The largest absolute Gasteiger partial charge is 0.544 e. The molecule has 1 amide bonds. The minimum atomic E-state index is -1.04. The zero-order chi connectivity index (χ0) is 16.7. The van der Waals surface area contributed by atoms with Crippen molar-refractivity contribution in [1.29, 1.82) is 0 Å². The minimum absolute atomic E-state index is 0.00341. The standard InChI is InChI=1S/C16H32N2O3/c1-13(11-16(2,3)4)10-14(19)17-8-7-9-18(5,6)12-15(20)21/h13H,7-12H2,1-6H3,(H-,17,19,20,21). The van der Waals surface area contributed by atoms with Crippen molar-refractivity contribution >= 4 is 11.9 Å². The number of nitrogens with one attached hydrogen (secondary N) is 1. The van der Waals surface area contributed by atoms with Gasteiger partial charge in [-0.1, -0.05) is 27.7 Å². The van der Waals surface area contributed by atoms with Gasteiger partial charge in [-0.2, -0.15) is 0 Å². The third-order valence-electron chi connectivity index (χ3n) is 3.31. The summed E-state index contributed by atoms with van der Waals surface area (Å²) in [5.41, 5.74) is 0.242. The monoisotopic (exact) mass is 300 g/mol. The Morgan fingerprint density at radius 2 is 1.81 bits per heavy atom. The van der Waals surface area contributed by atoms with Gasteiger partial charge in [-0.05, 0) is 17.8 Å². The van der Waals surface area contributed by atoms with Crippen LogP contribution in [0.2, 0.25) is 0 Å². The van der Waals surface area contributed by atoms with E-state index in [1.807, 2.05) is 14.1 Å². The third kappa shape index (κ3) is 12.4. The maximum Gasteiger partial charge on any atom is 0.220 e. The maximum atomic E-state index is 11.8. The van der Waals surface area contributed by atoms with Gasteiger partial charge >= 0.3 is 0 Å². The summed E-state index contributed by atoms with van der Waals surface area (Å²) in [5, 5.41) is 13.5. The molecule has 0 aliphatic heterocycles. The average Bonchev–Trinajstić information content (AvgIpc) is 2.19. The van der Waals surface area contributed by atoms with E-state index in [0.29, 0.717) is 29.9 Å². The molecule has 0 aliphatic rings. The molecule has 0 bridgehead atoms. The normalized spacial score (nSPS) is 13.8. The molecule has 5 heteroatoms. The molecule has 0 radical (unpaired) electrons. The molecule has 124 valence electrons. The zero-order valence-electron chi connectivity index (χ0n) is 14.5. The van der Waals surface area contributed by atoms with E-state index in [4.69, 9.17) is 0 Å². The summed E-state index contributed by atoms with van der Waals surface area (Å²) in [4.78, 5) is 22.4. The van der Waals surface area contributed by atoms with Crippen molar-refractivity contribution < 1.29 is 19.2 Å². The van der Waals surface area contributed by atoms with Crippen LogP contribution >= 0.6 is 0 Å². The van der Waals surface area contributed by atoms with Crippen LogP contribution in [0.3, 0.4) is 0 Å². The number of carbonyl (C=O) groups excluding carboxylic acids is 2. The van der Waals surface area contributed by atoms with Crippen molar-refractivity contribution in [2.75, 3.05) is 33.7 Å². The molecule has 0 saturated heterocycles. The number of amides is 1. The highest BCUT2D eigenvalue weighted by Crippen LogP contribution is 2.25. The van der Waals surface area contributed by atoms with E-state index in [-0.39, 0.29) is 17.9 Å². The predicted octanol–water partition coefficient (Wildman–Crippen LogP) is 0.781. The lowest BCUT2D eigenvalue weighted by atomic mass is 9.84. The summed E-state index contributed by atoms with van der Waals surface area (Å²) >= 11 is 0. The van der Waals surface area contributed by atoms with Gasteiger partial charge in [-0.3, -0.25) is 4.79 Å². The van der Waals surface area contributed by atoms with Gasteiger partial charge in [0.25, 0.3) is 0 Å². The van der Waals surface area contributed by atoms with Crippen LogP contribution in [0.15, 0.2) is 0 Å². The molecule has 0 aliphatic carbocycles. The van der Waals surface area contributed by atoms with Crippen molar-refractivity contribution in [3.63, 3.8) is 0 Å². The molecular weight excluding hydrogens is 268 g/mol. The van der Waals surface area contributed by atoms with Crippen molar-refractivity contribution in [1.82, 2.24) is 5.32 Å². The highest BCUT2D eigenvalue weighted by atomic mass is 16.4. The van der Waals surface area contributed by atoms with Crippen LogP contribution < -0.4 is 10.4 Å². The summed E-state index contributed by atoms with van der Waals surface area (Å²) in [7, 11) is 3.70. The number of hydrogen-bond donors (Lipinski definition) is 1. The van der Waals surface area contributed by atoms with Crippen LogP contribution in [-0.2, 0) is 9.59 Å². The molecule has 0 aromatic carbocycles. The van der Waals surface area contributed by atoms with Crippen LogP contribution in [0.25, 0.3) is 0 Å². The van der Waals surface area contributed by atoms with Crippen LogP contribution in [0.1, 0.15) is 47.0 Å². The fraction of sp³-hybridized carbons (Fsp3) is 0.875. The van der Waals surface area contributed by atoms with Crippen molar-refractivity contribution in [3.8, 4) is 0 Å². The van der Waals surface area contributed by atoms with Gasteiger partial charge in [0, 0.05) is 19.4 Å². The highest BCUT2D eigenvalue weighted by molar-refractivity contribution is 5.76. The second-order valence-corrected chi connectivity index (χ2v) is 7.97. The second-order valence-electron chi connectivity index (χ2n) is 7.97. The fourth-order valence-corrected chi connectivity index (χ4v) is 2.67. The molecule has 0 aromatic heterocycles. The second kappa shape index (κ2) is 8.37. The summed E-state index contributed by atoms with van der Waals surface area (Å²) in [6.45, 7) is 9.93. The SMILES string of the molecule is CC(CC(=O)NCCC[N+](C)(C)CC(=O)[O-])CC(C)(C)C. The van der Waals surface area contributed by atoms with Crippen molar-refractivity contribution in [3.05, 3.63) is 0 Å². The number of likely N-dealkylation sites (N-methyl/N-ethyl adjacent to an activating group) is 1. The first kappa shape index (κ1) is 19.9. The van der Waals surface area contributed by atoms with Gasteiger partial charge < -0.3 is 19.7 Å². The van der Waals surface area contributed by atoms with Crippen LogP contribution in [0.4, 0.5) is 0 Å². The molecule has 0 heterocycles. The summed E-state index contributed by atoms with van der Waals surface area (Å²) in [6, 6.07) is 0. The van der Waals surface area contributed by atoms with Crippen LogP contribution in [0.5, 0.6) is 0 Å². The van der Waals surface area contributed by atoms with Gasteiger partial charge in [0.2, 0.25) is 5.91 Å². The van der Waals surface area contributed by atoms with E-state index in [0.717, 1.165) is 12.8 Å². The molecule has 5 nitrogen and oxygen atoms in total. The molecule has 0 saturated carbocycles. The third-order valence-corrected chi connectivity index (χ3v) is 3.31. The van der Waals surface area contributed by atoms with Crippen LogP contribution in [-0.4, -0.2) is 50.1 Å². The Labute approximate surface area is 129 Å². The Hall–Kier alpha value is -1.10. The Kier molecular flexibility index (Phi) is 7.93. The Balaban J connectivity index is 3.87. The Morgan fingerprint density at radius 1 is 1.24 bits per heavy atom. The first-order valence-electron chi connectivity index (χ1n) is 7.70. The summed E-state index contributed by atoms with van der Waals surface area (Å²) in [5.74, 6) is -0.590. The number of carboxylic acids is 1. The molecule has 0 spiro atoms. The van der Waals surface area contributed by atoms with Crippen LogP contribution in [0, 0.1) is 11.3 Å². The lowest BCUT2D eigenvalue weighted by Gasteiger charge is -2.30. The minimum Gasteiger partial charge on any atom is -0.544 e. The van der Waals surface area contributed by atoms with E-state index in [2.05, 4.69) is 33.0 Å². The van der Waals surface area contributed by atoms with E-state index < -0.39 is 5.97 Å². The average molecular weight is 300 g/mol. The van der Waals surface area contributed by atoms with Gasteiger partial charge in [0.15, 0.2) is 0 Å². The highest BCUT2D eigenvalue weighted by Gasteiger charge is 2.18. The molecule has 21 heavy (non-hydrogen) atoms. The molecule has 0 aromatic rings. The van der Waals surface area contributed by atoms with E-state index in [9.17, 15) is 14.7 Å². The smallest absolute Gasteiger partial charge is 0.220 e.